The lowest BCUT2D eigenvalue weighted by Crippen LogP contribution is -1.98. The van der Waals surface area contributed by atoms with E-state index in [1.807, 2.05) is 30.5 Å². The highest BCUT2D eigenvalue weighted by Gasteiger charge is 2.05. The Kier molecular flexibility index (Phi) is 4.14. The molecular weight excluding hydrogens is 210 g/mol. The van der Waals surface area contributed by atoms with Crippen LogP contribution in [0.1, 0.15) is 19.8 Å². The third-order valence-corrected chi connectivity index (χ3v) is 2.62. The van der Waals surface area contributed by atoms with Crippen LogP contribution in [-0.4, -0.2) is 11.6 Å². The van der Waals surface area contributed by atoms with Crippen LogP contribution in [0.3, 0.4) is 0 Å². The molecule has 0 N–H and O–H groups in total. The van der Waals surface area contributed by atoms with Crippen molar-refractivity contribution in [3.63, 3.8) is 0 Å². The van der Waals surface area contributed by atoms with Crippen LogP contribution in [0.4, 0.5) is 0 Å². The zero-order chi connectivity index (χ0) is 11.9. The second kappa shape index (κ2) is 6.04. The molecule has 0 fully saturated rings. The number of hydrogen-bond acceptors (Lipinski definition) is 2. The summed E-state index contributed by atoms with van der Waals surface area (Å²) in [5.74, 6) is 0.916. The molecule has 88 valence electrons. The molecule has 2 nitrogen and oxygen atoms in total. The van der Waals surface area contributed by atoms with Gasteiger partial charge >= 0.3 is 0 Å². The van der Waals surface area contributed by atoms with Crippen molar-refractivity contribution >= 4 is 0 Å². The zero-order valence-electron chi connectivity index (χ0n) is 10.1. The van der Waals surface area contributed by atoms with Gasteiger partial charge in [0.1, 0.15) is 5.75 Å². The lowest BCUT2D eigenvalue weighted by atomic mass is 10.1. The number of aromatic nitrogens is 1. The standard InChI is InChI=1S/C15H17NO/c1-2-3-11-17-15-9-10-16-12-14(15)13-7-5-4-6-8-13/h4-10,12H,2-3,11H2,1H3. The van der Waals surface area contributed by atoms with Gasteiger partial charge < -0.3 is 4.74 Å². The van der Waals surface area contributed by atoms with Crippen LogP contribution in [-0.2, 0) is 0 Å². The van der Waals surface area contributed by atoms with Gasteiger partial charge in [-0.15, -0.1) is 0 Å². The zero-order valence-corrected chi connectivity index (χ0v) is 10.1. The van der Waals surface area contributed by atoms with Crippen molar-refractivity contribution in [1.29, 1.82) is 0 Å². The van der Waals surface area contributed by atoms with Crippen LogP contribution in [0.25, 0.3) is 11.1 Å². The molecule has 0 amide bonds. The van der Waals surface area contributed by atoms with Crippen molar-refractivity contribution in [1.82, 2.24) is 4.98 Å². The minimum absolute atomic E-state index is 0.764. The fourth-order valence-corrected chi connectivity index (χ4v) is 1.67. The molecule has 0 bridgehead atoms. The molecule has 2 rings (SSSR count). The van der Waals surface area contributed by atoms with Crippen LogP contribution in [0.15, 0.2) is 48.8 Å². The SMILES string of the molecule is CCCCOc1ccncc1-c1ccccc1. The smallest absolute Gasteiger partial charge is 0.130 e. The maximum atomic E-state index is 5.79. The highest BCUT2D eigenvalue weighted by Crippen LogP contribution is 2.28. The fraction of sp³-hybridized carbons (Fsp3) is 0.267. The Morgan fingerprint density at radius 2 is 1.94 bits per heavy atom. The molecule has 0 aliphatic heterocycles. The molecule has 0 unspecified atom stereocenters. The molecule has 1 aromatic heterocycles. The van der Waals surface area contributed by atoms with Gasteiger partial charge in [0.2, 0.25) is 0 Å². The summed E-state index contributed by atoms with van der Waals surface area (Å²) < 4.78 is 5.79. The van der Waals surface area contributed by atoms with Gasteiger partial charge in [0.05, 0.1) is 6.61 Å². The number of benzene rings is 1. The second-order valence-corrected chi connectivity index (χ2v) is 3.94. The van der Waals surface area contributed by atoms with E-state index in [-0.39, 0.29) is 0 Å². The van der Waals surface area contributed by atoms with Crippen molar-refractivity contribution in [2.75, 3.05) is 6.61 Å². The van der Waals surface area contributed by atoms with Gasteiger partial charge in [-0.05, 0) is 18.1 Å². The number of ether oxygens (including phenoxy) is 1. The average molecular weight is 227 g/mol. The summed E-state index contributed by atoms with van der Waals surface area (Å²) in [7, 11) is 0. The molecule has 2 aromatic rings. The van der Waals surface area contributed by atoms with Crippen molar-refractivity contribution in [3.05, 3.63) is 48.8 Å². The molecule has 0 saturated carbocycles. The van der Waals surface area contributed by atoms with Crippen molar-refractivity contribution < 1.29 is 4.74 Å². The Bertz CT molecular complexity index is 453. The quantitative estimate of drug-likeness (QED) is 0.722. The Hall–Kier alpha value is -1.83. The first-order valence-electron chi connectivity index (χ1n) is 6.04. The number of hydrogen-bond donors (Lipinski definition) is 0. The van der Waals surface area contributed by atoms with Gasteiger partial charge in [-0.3, -0.25) is 4.98 Å². The summed E-state index contributed by atoms with van der Waals surface area (Å²) in [5, 5.41) is 0. The molecule has 0 aliphatic rings. The van der Waals surface area contributed by atoms with Crippen molar-refractivity contribution in [2.24, 2.45) is 0 Å². The highest BCUT2D eigenvalue weighted by molar-refractivity contribution is 5.69. The van der Waals surface area contributed by atoms with Crippen LogP contribution in [0.2, 0.25) is 0 Å². The molecule has 0 radical (unpaired) electrons. The first kappa shape index (κ1) is 11.6. The number of unbranched alkanes of at least 4 members (excludes halogenated alkanes) is 1. The van der Waals surface area contributed by atoms with E-state index in [0.29, 0.717) is 0 Å². The van der Waals surface area contributed by atoms with Crippen LogP contribution >= 0.6 is 0 Å². The molecular formula is C15H17NO. The molecule has 0 saturated heterocycles. The average Bonchev–Trinajstić information content (AvgIpc) is 2.41. The van der Waals surface area contributed by atoms with E-state index in [2.05, 4.69) is 24.0 Å². The number of nitrogens with zero attached hydrogens (tertiary/aromatic N) is 1. The largest absolute Gasteiger partial charge is 0.493 e. The number of pyridine rings is 1. The third kappa shape index (κ3) is 3.06. The predicted octanol–water partition coefficient (Wildman–Crippen LogP) is 3.93. The topological polar surface area (TPSA) is 22.1 Å². The van der Waals surface area contributed by atoms with E-state index < -0.39 is 0 Å². The van der Waals surface area contributed by atoms with Gasteiger partial charge in [-0.25, -0.2) is 0 Å². The van der Waals surface area contributed by atoms with Crippen molar-refractivity contribution in [3.8, 4) is 16.9 Å². The first-order valence-corrected chi connectivity index (χ1v) is 6.04. The van der Waals surface area contributed by atoms with E-state index in [9.17, 15) is 0 Å². The van der Waals surface area contributed by atoms with E-state index in [1.165, 1.54) is 0 Å². The molecule has 0 spiro atoms. The maximum absolute atomic E-state index is 5.79. The lowest BCUT2D eigenvalue weighted by Gasteiger charge is -2.10. The summed E-state index contributed by atoms with van der Waals surface area (Å²) >= 11 is 0. The Morgan fingerprint density at radius 1 is 1.12 bits per heavy atom. The summed E-state index contributed by atoms with van der Waals surface area (Å²) in [4.78, 5) is 4.17. The fourth-order valence-electron chi connectivity index (χ4n) is 1.67. The minimum Gasteiger partial charge on any atom is -0.493 e. The first-order chi connectivity index (χ1) is 8.42. The number of rotatable bonds is 5. The summed E-state index contributed by atoms with van der Waals surface area (Å²) in [6.45, 7) is 2.92. The van der Waals surface area contributed by atoms with Crippen LogP contribution in [0, 0.1) is 0 Å². The normalized spacial score (nSPS) is 10.2. The van der Waals surface area contributed by atoms with Crippen molar-refractivity contribution in [2.45, 2.75) is 19.8 Å². The Balaban J connectivity index is 2.22. The minimum atomic E-state index is 0.764. The maximum Gasteiger partial charge on any atom is 0.130 e. The molecule has 17 heavy (non-hydrogen) atoms. The van der Waals surface area contributed by atoms with Crippen LogP contribution in [0.5, 0.6) is 5.75 Å². The summed E-state index contributed by atoms with van der Waals surface area (Å²) in [6.07, 6.45) is 5.85. The third-order valence-electron chi connectivity index (χ3n) is 2.62. The Morgan fingerprint density at radius 3 is 2.71 bits per heavy atom. The molecule has 1 aromatic carbocycles. The molecule has 0 atom stereocenters. The summed E-state index contributed by atoms with van der Waals surface area (Å²) in [6, 6.07) is 12.1. The highest BCUT2D eigenvalue weighted by atomic mass is 16.5. The second-order valence-electron chi connectivity index (χ2n) is 3.94. The van der Waals surface area contributed by atoms with Crippen LogP contribution < -0.4 is 4.74 Å². The summed E-state index contributed by atoms with van der Waals surface area (Å²) in [5.41, 5.74) is 2.20. The van der Waals surface area contributed by atoms with E-state index in [4.69, 9.17) is 4.74 Å². The van der Waals surface area contributed by atoms with E-state index >= 15 is 0 Å². The lowest BCUT2D eigenvalue weighted by molar-refractivity contribution is 0.310. The van der Waals surface area contributed by atoms with E-state index in [1.54, 1.807) is 6.20 Å². The molecule has 0 aliphatic carbocycles. The van der Waals surface area contributed by atoms with Gasteiger partial charge in [0.15, 0.2) is 0 Å². The molecule has 1 heterocycles. The Labute approximate surface area is 102 Å². The van der Waals surface area contributed by atoms with Gasteiger partial charge in [0, 0.05) is 18.0 Å². The van der Waals surface area contributed by atoms with Gasteiger partial charge in [0.25, 0.3) is 0 Å². The van der Waals surface area contributed by atoms with Gasteiger partial charge in [-0.2, -0.15) is 0 Å². The monoisotopic (exact) mass is 227 g/mol. The molecule has 2 heteroatoms. The van der Waals surface area contributed by atoms with Gasteiger partial charge in [-0.1, -0.05) is 43.7 Å². The van der Waals surface area contributed by atoms with E-state index in [0.717, 1.165) is 36.3 Å². The predicted molar refractivity (Wildman–Crippen MR) is 70.1 cm³/mol.